The van der Waals surface area contributed by atoms with Crippen LogP contribution in [0.15, 0.2) is 61.3 Å². The topological polar surface area (TPSA) is 137 Å². The fourth-order valence-electron chi connectivity index (χ4n) is 3.70. The van der Waals surface area contributed by atoms with Crippen LogP contribution in [-0.4, -0.2) is 41.4 Å². The van der Waals surface area contributed by atoms with Crippen LogP contribution in [0.2, 0.25) is 5.02 Å². The van der Waals surface area contributed by atoms with Gasteiger partial charge in [-0.3, -0.25) is 9.59 Å². The number of nitrogens with zero attached hydrogens (tertiary/aromatic N) is 4. The summed E-state index contributed by atoms with van der Waals surface area (Å²) in [4.78, 5) is 33.9. The summed E-state index contributed by atoms with van der Waals surface area (Å²) in [5, 5.41) is 15.1. The van der Waals surface area contributed by atoms with Crippen LogP contribution in [0.25, 0.3) is 0 Å². The van der Waals surface area contributed by atoms with E-state index in [1.54, 1.807) is 24.3 Å². The second-order valence-electron chi connectivity index (χ2n) is 8.77. The maximum Gasteiger partial charge on any atom is 0.251 e. The summed E-state index contributed by atoms with van der Waals surface area (Å²) in [5.74, 6) is -0.934. The van der Waals surface area contributed by atoms with Crippen LogP contribution < -0.4 is 21.3 Å². The lowest BCUT2D eigenvalue weighted by Crippen LogP contribution is -2.27. The molecule has 0 fully saturated rings. The normalized spacial score (nSPS) is 11.3. The highest BCUT2D eigenvalue weighted by molar-refractivity contribution is 6.31. The van der Waals surface area contributed by atoms with Crippen LogP contribution in [0.4, 0.5) is 21.7 Å². The Hall–Kier alpha value is -4.33. The molecule has 0 spiro atoms. The minimum absolute atomic E-state index is 0.0816. The second-order valence-corrected chi connectivity index (χ2v) is 9.17. The number of nitrogens with two attached hydrogens (primary N) is 1. The van der Waals surface area contributed by atoms with Crippen molar-refractivity contribution in [3.8, 4) is 6.07 Å². The monoisotopic (exact) mass is 549 g/mol. The number of likely N-dealkylation sites (N-methyl/N-ethyl adjacent to an activating group) is 1. The van der Waals surface area contributed by atoms with Gasteiger partial charge in [0.25, 0.3) is 5.91 Å². The molecule has 0 aliphatic rings. The third-order valence-corrected chi connectivity index (χ3v) is 6.27. The molecule has 3 rings (SSSR count). The maximum absolute atomic E-state index is 14.3. The Kier molecular flexibility index (Phi) is 10.5. The first-order valence-electron chi connectivity index (χ1n) is 12.2. The van der Waals surface area contributed by atoms with E-state index >= 15 is 0 Å². The highest BCUT2D eigenvalue weighted by Crippen LogP contribution is 2.25. The summed E-state index contributed by atoms with van der Waals surface area (Å²) in [6.07, 6.45) is 5.11. The predicted molar refractivity (Wildman–Crippen MR) is 149 cm³/mol. The van der Waals surface area contributed by atoms with Crippen molar-refractivity contribution in [1.82, 2.24) is 15.3 Å². The summed E-state index contributed by atoms with van der Waals surface area (Å²) in [6, 6.07) is 12.6. The Morgan fingerprint density at radius 1 is 1.26 bits per heavy atom. The van der Waals surface area contributed by atoms with Crippen molar-refractivity contribution in [1.29, 1.82) is 5.26 Å². The molecule has 1 unspecified atom stereocenters. The zero-order valence-electron chi connectivity index (χ0n) is 21.5. The number of hydrogen-bond acceptors (Lipinski definition) is 7. The van der Waals surface area contributed by atoms with E-state index in [1.807, 2.05) is 6.07 Å². The number of halogens is 2. The van der Waals surface area contributed by atoms with E-state index in [0.717, 1.165) is 11.0 Å². The third-order valence-electron chi connectivity index (χ3n) is 5.95. The van der Waals surface area contributed by atoms with E-state index in [2.05, 4.69) is 27.2 Å². The quantitative estimate of drug-likeness (QED) is 0.223. The molecular weight excluding hydrogens is 521 g/mol. The summed E-state index contributed by atoms with van der Waals surface area (Å²) < 4.78 is 14.3. The zero-order valence-corrected chi connectivity index (χ0v) is 22.2. The standard InChI is InChI=1S/C28H29ClFN7O2/c1-3-26(38)37(2)25-15-21(11-12-23(25)30)35-28-34-17-22(29)24(36-28)13-10-20(32)5-4-14-33-27(39)19-8-6-18(16-31)7-9-19/h3,6-9,11-12,15,17,20H,1,4-5,10,13-14,32H2,2H3,(H,33,39)(H,34,35,36). The SMILES string of the molecule is C=CC(=O)N(C)c1cc(Nc2ncc(Cl)c(CCC(N)CCCNC(=O)c3ccc(C#N)cc3)n2)ccc1F. The number of benzene rings is 2. The van der Waals surface area contributed by atoms with Crippen LogP contribution in [0.1, 0.15) is 40.9 Å². The Morgan fingerprint density at radius 2 is 2.00 bits per heavy atom. The molecule has 0 saturated carbocycles. The average molecular weight is 550 g/mol. The van der Waals surface area contributed by atoms with Gasteiger partial charge in [0.15, 0.2) is 0 Å². The van der Waals surface area contributed by atoms with Gasteiger partial charge in [-0.15, -0.1) is 0 Å². The van der Waals surface area contributed by atoms with Crippen molar-refractivity contribution in [2.45, 2.75) is 31.7 Å². The molecule has 4 N–H and O–H groups in total. The van der Waals surface area contributed by atoms with Crippen molar-refractivity contribution in [3.63, 3.8) is 0 Å². The molecule has 39 heavy (non-hydrogen) atoms. The number of carbonyl (C=O) groups is 2. The number of aromatic nitrogens is 2. The van der Waals surface area contributed by atoms with E-state index < -0.39 is 11.7 Å². The molecule has 0 saturated heterocycles. The summed E-state index contributed by atoms with van der Waals surface area (Å²) in [7, 11) is 1.45. The summed E-state index contributed by atoms with van der Waals surface area (Å²) in [5.41, 5.74) is 8.44. The molecule has 0 aliphatic heterocycles. The van der Waals surface area contributed by atoms with E-state index in [1.165, 1.54) is 31.4 Å². The fraction of sp³-hybridized carbons (Fsp3) is 0.250. The first kappa shape index (κ1) is 29.2. The minimum Gasteiger partial charge on any atom is -0.352 e. The fourth-order valence-corrected chi connectivity index (χ4v) is 3.89. The van der Waals surface area contributed by atoms with Crippen LogP contribution in [-0.2, 0) is 11.2 Å². The summed E-state index contributed by atoms with van der Waals surface area (Å²) >= 11 is 6.30. The van der Waals surface area contributed by atoms with Crippen LogP contribution in [0, 0.1) is 17.1 Å². The van der Waals surface area contributed by atoms with Gasteiger partial charge in [0, 0.05) is 30.9 Å². The smallest absolute Gasteiger partial charge is 0.251 e. The number of anilines is 3. The lowest BCUT2D eigenvalue weighted by Gasteiger charge is -2.17. The first-order valence-corrected chi connectivity index (χ1v) is 12.6. The third kappa shape index (κ3) is 8.33. The van der Waals surface area contributed by atoms with Gasteiger partial charge in [0.05, 0.1) is 34.2 Å². The van der Waals surface area contributed by atoms with Gasteiger partial charge in [-0.05, 0) is 74.2 Å². The van der Waals surface area contributed by atoms with Crippen LogP contribution >= 0.6 is 11.6 Å². The Labute approximate surface area is 231 Å². The number of rotatable bonds is 12. The second kappa shape index (κ2) is 14.0. The number of carbonyl (C=O) groups excluding carboxylic acids is 2. The van der Waals surface area contributed by atoms with E-state index in [-0.39, 0.29) is 23.6 Å². The van der Waals surface area contributed by atoms with Crippen molar-refractivity contribution in [2.24, 2.45) is 5.73 Å². The molecule has 2 aromatic carbocycles. The largest absolute Gasteiger partial charge is 0.352 e. The average Bonchev–Trinajstić information content (AvgIpc) is 2.95. The molecule has 1 heterocycles. The molecule has 0 aliphatic carbocycles. The van der Waals surface area contributed by atoms with Gasteiger partial charge in [-0.25, -0.2) is 14.4 Å². The number of hydrogen-bond donors (Lipinski definition) is 3. The van der Waals surface area contributed by atoms with Crippen molar-refractivity contribution >= 4 is 40.7 Å². The van der Waals surface area contributed by atoms with Crippen LogP contribution in [0.5, 0.6) is 0 Å². The van der Waals surface area contributed by atoms with Gasteiger partial charge in [-0.2, -0.15) is 5.26 Å². The molecule has 2 amide bonds. The van der Waals surface area contributed by atoms with E-state index in [9.17, 15) is 14.0 Å². The molecule has 9 nitrogen and oxygen atoms in total. The lowest BCUT2D eigenvalue weighted by molar-refractivity contribution is -0.113. The number of amides is 2. The molecule has 1 atom stereocenters. The summed E-state index contributed by atoms with van der Waals surface area (Å²) in [6.45, 7) is 3.90. The lowest BCUT2D eigenvalue weighted by atomic mass is 10.1. The highest BCUT2D eigenvalue weighted by Gasteiger charge is 2.15. The number of aryl methyl sites for hydroxylation is 1. The Balaban J connectivity index is 1.50. The minimum atomic E-state index is -0.557. The molecule has 11 heteroatoms. The van der Waals surface area contributed by atoms with Crippen molar-refractivity contribution < 1.29 is 14.0 Å². The van der Waals surface area contributed by atoms with Gasteiger partial charge in [0.1, 0.15) is 5.82 Å². The van der Waals surface area contributed by atoms with Gasteiger partial charge in [0.2, 0.25) is 11.9 Å². The molecule has 0 bridgehead atoms. The van der Waals surface area contributed by atoms with Gasteiger partial charge >= 0.3 is 0 Å². The van der Waals surface area contributed by atoms with Gasteiger partial charge < -0.3 is 21.3 Å². The van der Waals surface area contributed by atoms with Crippen molar-refractivity contribution in [3.05, 3.63) is 89.0 Å². The molecule has 0 radical (unpaired) electrons. The van der Waals surface area contributed by atoms with E-state index in [0.29, 0.717) is 59.8 Å². The van der Waals surface area contributed by atoms with Gasteiger partial charge in [-0.1, -0.05) is 18.2 Å². The Bertz CT molecular complexity index is 1380. The molecule has 3 aromatic rings. The zero-order chi connectivity index (χ0) is 28.4. The highest BCUT2D eigenvalue weighted by atomic mass is 35.5. The number of nitrogens with one attached hydrogen (secondary N) is 2. The predicted octanol–water partition coefficient (Wildman–Crippen LogP) is 4.50. The van der Waals surface area contributed by atoms with E-state index in [4.69, 9.17) is 22.6 Å². The molecule has 202 valence electrons. The first-order chi connectivity index (χ1) is 18.7. The van der Waals surface area contributed by atoms with Crippen LogP contribution in [0.3, 0.4) is 0 Å². The maximum atomic E-state index is 14.3. The Morgan fingerprint density at radius 3 is 2.69 bits per heavy atom. The molecule has 1 aromatic heterocycles. The van der Waals surface area contributed by atoms with Crippen molar-refractivity contribution in [2.75, 3.05) is 23.8 Å². The number of nitriles is 1. The molecular formula is C28H29ClFN7O2.